The number of halogens is 3. The summed E-state index contributed by atoms with van der Waals surface area (Å²) >= 11 is 0. The highest BCUT2D eigenvalue weighted by Crippen LogP contribution is 2.33. The smallest absolute Gasteiger partial charge is 0.416 e. The number of carbonyl (C=O) groups is 1. The molecule has 1 aromatic rings. The monoisotopic (exact) mass is 298 g/mol. The van der Waals surface area contributed by atoms with Crippen LogP contribution in [0.2, 0.25) is 0 Å². The van der Waals surface area contributed by atoms with Gasteiger partial charge in [-0.2, -0.15) is 18.4 Å². The maximum atomic E-state index is 12.6. The Balaban J connectivity index is 2.15. The van der Waals surface area contributed by atoms with Crippen molar-refractivity contribution in [1.29, 1.82) is 5.26 Å². The van der Waals surface area contributed by atoms with E-state index in [1.807, 2.05) is 0 Å². The third-order valence-corrected chi connectivity index (χ3v) is 3.61. The lowest BCUT2D eigenvalue weighted by Crippen LogP contribution is -2.18. The number of anilines is 1. The van der Waals surface area contributed by atoms with Crippen molar-refractivity contribution in [2.45, 2.75) is 31.5 Å². The van der Waals surface area contributed by atoms with E-state index >= 15 is 0 Å². The Bertz CT molecular complexity index is 593. The summed E-state index contributed by atoms with van der Waals surface area (Å²) < 4.78 is 37.8. The Morgan fingerprint density at radius 1 is 1.38 bits per heavy atom. The van der Waals surface area contributed by atoms with Crippen LogP contribution >= 0.6 is 0 Å². The van der Waals surface area contributed by atoms with Gasteiger partial charge < -0.3 is 10.4 Å². The molecule has 2 rings (SSSR count). The van der Waals surface area contributed by atoms with Crippen molar-refractivity contribution in [3.8, 4) is 6.07 Å². The number of benzene rings is 1. The molecule has 2 atom stereocenters. The molecule has 0 heterocycles. The number of nitrogens with zero attached hydrogens (tertiary/aromatic N) is 1. The van der Waals surface area contributed by atoms with Gasteiger partial charge in [-0.1, -0.05) is 0 Å². The van der Waals surface area contributed by atoms with Gasteiger partial charge in [0.15, 0.2) is 0 Å². The van der Waals surface area contributed by atoms with E-state index in [-0.39, 0.29) is 11.6 Å². The number of rotatable bonds is 3. The molecule has 0 spiro atoms. The van der Waals surface area contributed by atoms with E-state index < -0.39 is 23.6 Å². The van der Waals surface area contributed by atoms with Crippen LogP contribution in [0.15, 0.2) is 18.2 Å². The molecule has 1 aromatic carbocycles. The number of aliphatic carboxylic acids is 1. The lowest BCUT2D eigenvalue weighted by Gasteiger charge is -2.16. The number of nitriles is 1. The number of nitrogens with one attached hydrogen (secondary N) is 1. The van der Waals surface area contributed by atoms with Crippen molar-refractivity contribution in [3.05, 3.63) is 29.3 Å². The minimum absolute atomic E-state index is 0.0939. The third kappa shape index (κ3) is 3.45. The van der Waals surface area contributed by atoms with Crippen molar-refractivity contribution in [2.24, 2.45) is 5.92 Å². The molecule has 0 bridgehead atoms. The van der Waals surface area contributed by atoms with Gasteiger partial charge in [0.2, 0.25) is 0 Å². The Morgan fingerprint density at radius 2 is 2.10 bits per heavy atom. The summed E-state index contributed by atoms with van der Waals surface area (Å²) in [6.45, 7) is 0. The van der Waals surface area contributed by atoms with Gasteiger partial charge in [-0.05, 0) is 37.5 Å². The van der Waals surface area contributed by atoms with Crippen LogP contribution in [0.3, 0.4) is 0 Å². The zero-order valence-electron chi connectivity index (χ0n) is 10.9. The van der Waals surface area contributed by atoms with Crippen LogP contribution in [0.4, 0.5) is 18.9 Å². The summed E-state index contributed by atoms with van der Waals surface area (Å²) in [6.07, 6.45) is -2.95. The van der Waals surface area contributed by atoms with Crippen LogP contribution in [0.5, 0.6) is 0 Å². The second-order valence-electron chi connectivity index (χ2n) is 5.06. The average molecular weight is 298 g/mol. The molecule has 1 saturated carbocycles. The summed E-state index contributed by atoms with van der Waals surface area (Å²) in [6, 6.07) is 4.52. The molecule has 1 aliphatic rings. The first-order valence-corrected chi connectivity index (χ1v) is 6.42. The van der Waals surface area contributed by atoms with E-state index in [4.69, 9.17) is 10.4 Å². The molecular weight excluding hydrogens is 285 g/mol. The third-order valence-electron chi connectivity index (χ3n) is 3.61. The maximum Gasteiger partial charge on any atom is 0.416 e. The molecule has 2 N–H and O–H groups in total. The van der Waals surface area contributed by atoms with Gasteiger partial charge in [0, 0.05) is 6.04 Å². The van der Waals surface area contributed by atoms with Crippen molar-refractivity contribution >= 4 is 11.7 Å². The minimum atomic E-state index is -4.49. The fraction of sp³-hybridized carbons (Fsp3) is 0.429. The molecule has 1 fully saturated rings. The van der Waals surface area contributed by atoms with E-state index in [0.29, 0.717) is 24.9 Å². The molecule has 0 amide bonds. The predicted octanol–water partition coefficient (Wildman–Crippen LogP) is 3.24. The van der Waals surface area contributed by atoms with Crippen molar-refractivity contribution in [1.82, 2.24) is 0 Å². The summed E-state index contributed by atoms with van der Waals surface area (Å²) in [5.41, 5.74) is -0.662. The highest BCUT2D eigenvalue weighted by molar-refractivity contribution is 5.70. The van der Waals surface area contributed by atoms with Crippen LogP contribution < -0.4 is 5.32 Å². The summed E-state index contributed by atoms with van der Waals surface area (Å²) in [7, 11) is 0. The molecule has 1 aliphatic carbocycles. The van der Waals surface area contributed by atoms with Gasteiger partial charge in [-0.25, -0.2) is 0 Å². The molecule has 7 heteroatoms. The number of alkyl halides is 3. The number of carboxylic acid groups (broad SMARTS) is 1. The zero-order chi connectivity index (χ0) is 15.6. The van der Waals surface area contributed by atoms with E-state index in [1.54, 1.807) is 6.07 Å². The predicted molar refractivity (Wildman–Crippen MR) is 68.5 cm³/mol. The Kier molecular flexibility index (Phi) is 4.07. The Labute approximate surface area is 119 Å². The fourth-order valence-electron chi connectivity index (χ4n) is 2.50. The van der Waals surface area contributed by atoms with E-state index in [1.165, 1.54) is 6.07 Å². The molecule has 2 unspecified atom stereocenters. The van der Waals surface area contributed by atoms with Crippen molar-refractivity contribution in [2.75, 3.05) is 5.32 Å². The largest absolute Gasteiger partial charge is 0.481 e. The minimum Gasteiger partial charge on any atom is -0.481 e. The molecule has 21 heavy (non-hydrogen) atoms. The van der Waals surface area contributed by atoms with Gasteiger partial charge in [0.05, 0.1) is 22.7 Å². The first kappa shape index (κ1) is 15.2. The van der Waals surface area contributed by atoms with Gasteiger partial charge in [-0.15, -0.1) is 0 Å². The molecule has 4 nitrogen and oxygen atoms in total. The molecule has 0 saturated heterocycles. The summed E-state index contributed by atoms with van der Waals surface area (Å²) in [4.78, 5) is 10.9. The maximum absolute atomic E-state index is 12.6. The van der Waals surface area contributed by atoms with Gasteiger partial charge >= 0.3 is 12.1 Å². The van der Waals surface area contributed by atoms with Crippen LogP contribution in [0.25, 0.3) is 0 Å². The van der Waals surface area contributed by atoms with Crippen molar-refractivity contribution < 1.29 is 23.1 Å². The lowest BCUT2D eigenvalue weighted by atomic mass is 10.1. The molecule has 0 aliphatic heterocycles. The molecule has 0 aromatic heterocycles. The topological polar surface area (TPSA) is 73.1 Å². The second kappa shape index (κ2) is 5.64. The average Bonchev–Trinajstić information content (AvgIpc) is 2.86. The molecule has 112 valence electrons. The second-order valence-corrected chi connectivity index (χ2v) is 5.06. The normalized spacial score (nSPS) is 21.8. The Morgan fingerprint density at radius 3 is 2.62 bits per heavy atom. The number of hydrogen-bond acceptors (Lipinski definition) is 3. The highest BCUT2D eigenvalue weighted by atomic mass is 19.4. The van der Waals surface area contributed by atoms with Gasteiger partial charge in [0.25, 0.3) is 0 Å². The van der Waals surface area contributed by atoms with Crippen LogP contribution in [0.1, 0.15) is 30.4 Å². The molecule has 0 radical (unpaired) electrons. The Hall–Kier alpha value is -2.23. The lowest BCUT2D eigenvalue weighted by molar-refractivity contribution is -0.141. The van der Waals surface area contributed by atoms with Crippen molar-refractivity contribution in [3.63, 3.8) is 0 Å². The first-order chi connectivity index (χ1) is 9.81. The standard InChI is InChI=1S/C14H13F3N2O2/c15-14(16,17)10-2-4-12(9(5-10)7-18)19-11-3-1-8(6-11)13(20)21/h2,4-5,8,11,19H,1,3,6H2,(H,20,21). The number of hydrogen-bond donors (Lipinski definition) is 2. The SMILES string of the molecule is N#Cc1cc(C(F)(F)F)ccc1NC1CCC(C(=O)O)C1. The fourth-order valence-corrected chi connectivity index (χ4v) is 2.50. The van der Waals surface area contributed by atoms with Crippen LogP contribution in [-0.2, 0) is 11.0 Å². The van der Waals surface area contributed by atoms with Crippen LogP contribution in [-0.4, -0.2) is 17.1 Å². The zero-order valence-corrected chi connectivity index (χ0v) is 10.9. The van der Waals surface area contributed by atoms with E-state index in [0.717, 1.165) is 12.1 Å². The quantitative estimate of drug-likeness (QED) is 0.898. The molecular formula is C14H13F3N2O2. The van der Waals surface area contributed by atoms with Gasteiger partial charge in [-0.3, -0.25) is 4.79 Å². The van der Waals surface area contributed by atoms with Crippen LogP contribution in [0, 0.1) is 17.2 Å². The number of carboxylic acids is 1. The first-order valence-electron chi connectivity index (χ1n) is 6.42. The highest BCUT2D eigenvalue weighted by Gasteiger charge is 2.32. The van der Waals surface area contributed by atoms with Gasteiger partial charge in [0.1, 0.15) is 6.07 Å². The summed E-state index contributed by atoms with van der Waals surface area (Å²) in [5.74, 6) is -1.31. The van der Waals surface area contributed by atoms with E-state index in [9.17, 15) is 18.0 Å². The summed E-state index contributed by atoms with van der Waals surface area (Å²) in [5, 5.41) is 20.9. The van der Waals surface area contributed by atoms with E-state index in [2.05, 4.69) is 5.32 Å².